The van der Waals surface area contributed by atoms with E-state index in [1.807, 2.05) is 6.92 Å². The summed E-state index contributed by atoms with van der Waals surface area (Å²) >= 11 is 0. The Morgan fingerprint density at radius 2 is 2.27 bits per heavy atom. The first-order chi connectivity index (χ1) is 7.11. The summed E-state index contributed by atoms with van der Waals surface area (Å²) in [6, 6.07) is 1.55. The van der Waals surface area contributed by atoms with Gasteiger partial charge >= 0.3 is 0 Å². The Labute approximate surface area is 90.1 Å². The van der Waals surface area contributed by atoms with Gasteiger partial charge in [-0.25, -0.2) is 4.98 Å². The predicted molar refractivity (Wildman–Crippen MR) is 60.8 cm³/mol. The maximum atomic E-state index is 11.3. The Morgan fingerprint density at radius 3 is 2.87 bits per heavy atom. The lowest BCUT2D eigenvalue weighted by atomic mass is 10.1. The zero-order valence-corrected chi connectivity index (χ0v) is 9.63. The molecule has 1 aromatic heterocycles. The van der Waals surface area contributed by atoms with Crippen molar-refractivity contribution in [2.24, 2.45) is 5.92 Å². The highest BCUT2D eigenvalue weighted by Gasteiger charge is 2.03. The van der Waals surface area contributed by atoms with Crippen LogP contribution in [0.5, 0.6) is 0 Å². The molecular formula is C11H19N3O. The summed E-state index contributed by atoms with van der Waals surface area (Å²) in [6.07, 6.45) is 0.815. The van der Waals surface area contributed by atoms with Crippen molar-refractivity contribution in [3.8, 4) is 0 Å². The molecular weight excluding hydrogens is 190 g/mol. The second kappa shape index (κ2) is 5.66. The number of hydrogen-bond acceptors (Lipinski definition) is 3. The van der Waals surface area contributed by atoms with E-state index in [1.54, 1.807) is 6.07 Å². The van der Waals surface area contributed by atoms with Crippen LogP contribution in [-0.2, 0) is 13.0 Å². The molecule has 0 spiro atoms. The van der Waals surface area contributed by atoms with Crippen LogP contribution in [0.25, 0.3) is 0 Å². The lowest BCUT2D eigenvalue weighted by Crippen LogP contribution is -2.19. The highest BCUT2D eigenvalue weighted by atomic mass is 16.1. The monoisotopic (exact) mass is 209 g/mol. The fourth-order valence-corrected chi connectivity index (χ4v) is 1.39. The SMILES string of the molecule is CCNCc1cc(=O)[nH]c(CC(C)C)n1. The second-order valence-electron chi connectivity index (χ2n) is 4.06. The molecule has 0 aliphatic heterocycles. The quantitative estimate of drug-likeness (QED) is 0.763. The third kappa shape index (κ3) is 4.25. The van der Waals surface area contributed by atoms with Crippen molar-refractivity contribution in [2.75, 3.05) is 6.54 Å². The van der Waals surface area contributed by atoms with Crippen molar-refractivity contribution >= 4 is 0 Å². The summed E-state index contributed by atoms with van der Waals surface area (Å²) in [6.45, 7) is 7.79. The molecule has 0 bridgehead atoms. The average Bonchev–Trinajstić information content (AvgIpc) is 2.12. The Hall–Kier alpha value is -1.16. The summed E-state index contributed by atoms with van der Waals surface area (Å²) in [7, 11) is 0. The van der Waals surface area contributed by atoms with Crippen molar-refractivity contribution < 1.29 is 0 Å². The molecule has 0 aliphatic rings. The lowest BCUT2D eigenvalue weighted by molar-refractivity contribution is 0.610. The number of rotatable bonds is 5. The first-order valence-electron chi connectivity index (χ1n) is 5.41. The molecule has 0 aromatic carbocycles. The molecule has 1 rings (SSSR count). The van der Waals surface area contributed by atoms with Crippen LogP contribution in [0.15, 0.2) is 10.9 Å². The lowest BCUT2D eigenvalue weighted by Gasteiger charge is -2.06. The molecule has 4 heteroatoms. The van der Waals surface area contributed by atoms with E-state index in [9.17, 15) is 4.79 Å². The van der Waals surface area contributed by atoms with E-state index in [-0.39, 0.29) is 5.56 Å². The molecule has 1 aromatic rings. The van der Waals surface area contributed by atoms with E-state index in [4.69, 9.17) is 0 Å². The molecule has 0 radical (unpaired) electrons. The molecule has 0 amide bonds. The van der Waals surface area contributed by atoms with E-state index < -0.39 is 0 Å². The van der Waals surface area contributed by atoms with Gasteiger partial charge in [-0.05, 0) is 12.5 Å². The first kappa shape index (κ1) is 11.9. The first-order valence-corrected chi connectivity index (χ1v) is 5.41. The van der Waals surface area contributed by atoms with Crippen LogP contribution in [0.1, 0.15) is 32.3 Å². The average molecular weight is 209 g/mol. The zero-order valence-electron chi connectivity index (χ0n) is 9.63. The number of aromatic nitrogens is 2. The Balaban J connectivity index is 2.80. The van der Waals surface area contributed by atoms with Crippen molar-refractivity contribution in [1.29, 1.82) is 0 Å². The molecule has 0 fully saturated rings. The maximum Gasteiger partial charge on any atom is 0.251 e. The van der Waals surface area contributed by atoms with Crippen molar-refractivity contribution in [1.82, 2.24) is 15.3 Å². The van der Waals surface area contributed by atoms with Crippen LogP contribution in [0.3, 0.4) is 0 Å². The Morgan fingerprint density at radius 1 is 1.53 bits per heavy atom. The van der Waals surface area contributed by atoms with Gasteiger partial charge in [-0.2, -0.15) is 0 Å². The van der Waals surface area contributed by atoms with Crippen molar-refractivity contribution in [3.05, 3.63) is 27.9 Å². The number of nitrogens with one attached hydrogen (secondary N) is 2. The molecule has 0 saturated heterocycles. The van der Waals surface area contributed by atoms with Gasteiger partial charge in [0.2, 0.25) is 0 Å². The molecule has 1 heterocycles. The van der Waals surface area contributed by atoms with Gasteiger partial charge in [0.1, 0.15) is 5.82 Å². The van der Waals surface area contributed by atoms with Crippen molar-refractivity contribution in [2.45, 2.75) is 33.7 Å². The molecule has 15 heavy (non-hydrogen) atoms. The third-order valence-electron chi connectivity index (χ3n) is 2.00. The fraction of sp³-hybridized carbons (Fsp3) is 0.636. The summed E-state index contributed by atoms with van der Waals surface area (Å²) < 4.78 is 0. The largest absolute Gasteiger partial charge is 0.311 e. The number of hydrogen-bond donors (Lipinski definition) is 2. The summed E-state index contributed by atoms with van der Waals surface area (Å²) in [4.78, 5) is 18.5. The minimum absolute atomic E-state index is 0.0615. The van der Waals surface area contributed by atoms with Gasteiger partial charge in [-0.15, -0.1) is 0 Å². The van der Waals surface area contributed by atoms with Gasteiger partial charge in [0.15, 0.2) is 0 Å². The van der Waals surface area contributed by atoms with Crippen LogP contribution >= 0.6 is 0 Å². The van der Waals surface area contributed by atoms with E-state index in [0.717, 1.165) is 24.5 Å². The van der Waals surface area contributed by atoms with Crippen LogP contribution in [0.2, 0.25) is 0 Å². The van der Waals surface area contributed by atoms with Crippen LogP contribution in [0, 0.1) is 5.92 Å². The van der Waals surface area contributed by atoms with Gasteiger partial charge in [-0.1, -0.05) is 20.8 Å². The van der Waals surface area contributed by atoms with E-state index in [2.05, 4.69) is 29.1 Å². The molecule has 2 N–H and O–H groups in total. The molecule has 4 nitrogen and oxygen atoms in total. The Bertz CT molecular complexity index is 357. The van der Waals surface area contributed by atoms with Crippen LogP contribution < -0.4 is 10.9 Å². The number of H-pyrrole nitrogens is 1. The summed E-state index contributed by atoms with van der Waals surface area (Å²) in [5, 5.41) is 3.16. The smallest absolute Gasteiger partial charge is 0.251 e. The summed E-state index contributed by atoms with van der Waals surface area (Å²) in [5.41, 5.74) is 0.754. The zero-order chi connectivity index (χ0) is 11.3. The van der Waals surface area contributed by atoms with Crippen molar-refractivity contribution in [3.63, 3.8) is 0 Å². The standard InChI is InChI=1S/C11H19N3O/c1-4-12-7-9-6-11(15)14-10(13-9)5-8(2)3/h6,8,12H,4-5,7H2,1-3H3,(H,13,14,15). The van der Waals surface area contributed by atoms with Crippen LogP contribution in [0.4, 0.5) is 0 Å². The molecule has 0 aliphatic carbocycles. The third-order valence-corrected chi connectivity index (χ3v) is 2.00. The van der Waals surface area contributed by atoms with E-state index >= 15 is 0 Å². The van der Waals surface area contributed by atoms with Gasteiger partial charge in [0.05, 0.1) is 5.69 Å². The minimum atomic E-state index is -0.0615. The van der Waals surface area contributed by atoms with Gasteiger partial charge < -0.3 is 10.3 Å². The van der Waals surface area contributed by atoms with Crippen LogP contribution in [-0.4, -0.2) is 16.5 Å². The fourth-order valence-electron chi connectivity index (χ4n) is 1.39. The highest BCUT2D eigenvalue weighted by Crippen LogP contribution is 2.01. The molecule has 0 unspecified atom stereocenters. The minimum Gasteiger partial charge on any atom is -0.311 e. The Kier molecular flexibility index (Phi) is 4.49. The predicted octanol–water partition coefficient (Wildman–Crippen LogP) is 1.08. The second-order valence-corrected chi connectivity index (χ2v) is 4.06. The van der Waals surface area contributed by atoms with Gasteiger partial charge in [0, 0.05) is 19.0 Å². The number of nitrogens with zero attached hydrogens (tertiary/aromatic N) is 1. The summed E-state index contributed by atoms with van der Waals surface area (Å²) in [5.74, 6) is 1.29. The normalized spacial score (nSPS) is 10.9. The van der Waals surface area contributed by atoms with Gasteiger partial charge in [-0.3, -0.25) is 4.79 Å². The number of aromatic amines is 1. The van der Waals surface area contributed by atoms with E-state index in [0.29, 0.717) is 12.5 Å². The molecule has 84 valence electrons. The highest BCUT2D eigenvalue weighted by molar-refractivity contribution is 5.03. The van der Waals surface area contributed by atoms with Gasteiger partial charge in [0.25, 0.3) is 5.56 Å². The molecule has 0 atom stereocenters. The topological polar surface area (TPSA) is 57.8 Å². The van der Waals surface area contributed by atoms with E-state index in [1.165, 1.54) is 0 Å². The molecule has 0 saturated carbocycles. The maximum absolute atomic E-state index is 11.3.